The average molecular weight is 690 g/mol. The monoisotopic (exact) mass is 689 g/mol. The molecule has 264 valence electrons. The number of ether oxygens (including phenoxy) is 1. The van der Waals surface area contributed by atoms with Crippen LogP contribution in [0.1, 0.15) is 91.0 Å². The van der Waals surface area contributed by atoms with Gasteiger partial charge in [-0.3, -0.25) is 9.59 Å². The van der Waals surface area contributed by atoms with E-state index in [1.165, 1.54) is 0 Å². The highest BCUT2D eigenvalue weighted by Crippen LogP contribution is 2.50. The molecule has 0 spiro atoms. The number of carbonyl (C=O) groups excluding carboxylic acids is 3. The van der Waals surface area contributed by atoms with Gasteiger partial charge in [-0.25, -0.2) is 9.59 Å². The summed E-state index contributed by atoms with van der Waals surface area (Å²) in [6.45, 7) is 7.70. The van der Waals surface area contributed by atoms with Crippen LogP contribution in [0, 0.1) is 5.92 Å². The molecule has 0 radical (unpaired) electrons. The topological polar surface area (TPSA) is 125 Å². The number of benzene rings is 2. The van der Waals surface area contributed by atoms with Gasteiger partial charge >= 0.3 is 12.1 Å². The van der Waals surface area contributed by atoms with Crippen molar-refractivity contribution < 1.29 is 29.0 Å². The number of thioether (sulfide) groups is 1. The van der Waals surface area contributed by atoms with E-state index in [1.807, 2.05) is 30.4 Å². The van der Waals surface area contributed by atoms with Crippen molar-refractivity contribution in [3.05, 3.63) is 72.3 Å². The van der Waals surface area contributed by atoms with E-state index < -0.39 is 45.9 Å². The first kappa shape index (κ1) is 36.5. The van der Waals surface area contributed by atoms with Gasteiger partial charge in [-0.15, -0.1) is 11.8 Å². The lowest BCUT2D eigenvalue weighted by molar-refractivity contribution is -0.145. The predicted molar refractivity (Wildman–Crippen MR) is 193 cm³/mol. The van der Waals surface area contributed by atoms with Crippen LogP contribution in [-0.4, -0.2) is 69.4 Å². The van der Waals surface area contributed by atoms with Gasteiger partial charge in [0.1, 0.15) is 23.2 Å². The molecular weight excluding hydrogens is 639 g/mol. The Morgan fingerprint density at radius 2 is 1.73 bits per heavy atom. The van der Waals surface area contributed by atoms with Crippen LogP contribution in [0.4, 0.5) is 4.79 Å². The molecule has 49 heavy (non-hydrogen) atoms. The number of nitrogens with zero attached hydrogens (tertiary/aromatic N) is 1. The highest BCUT2D eigenvalue weighted by molar-refractivity contribution is 8.00. The first-order chi connectivity index (χ1) is 23.4. The Bertz CT molecular complexity index is 1520. The predicted octanol–water partition coefficient (Wildman–Crippen LogP) is 7.06. The van der Waals surface area contributed by atoms with Crippen LogP contribution in [0.2, 0.25) is 0 Å². The van der Waals surface area contributed by atoms with Crippen LogP contribution >= 0.6 is 11.8 Å². The van der Waals surface area contributed by atoms with Crippen molar-refractivity contribution in [2.75, 3.05) is 12.3 Å². The number of carboxylic acid groups (broad SMARTS) is 1. The van der Waals surface area contributed by atoms with Crippen molar-refractivity contribution >= 4 is 35.6 Å². The molecule has 2 heterocycles. The molecule has 10 heteroatoms. The number of unbranched alkanes of at least 4 members (excludes halogenated alkanes) is 1. The van der Waals surface area contributed by atoms with Crippen molar-refractivity contribution in [2.24, 2.45) is 5.92 Å². The molecule has 3 amide bonds. The molecule has 3 aliphatic rings. The Labute approximate surface area is 294 Å². The molecule has 1 saturated heterocycles. The van der Waals surface area contributed by atoms with Gasteiger partial charge < -0.3 is 25.4 Å². The molecule has 5 atom stereocenters. The lowest BCUT2D eigenvalue weighted by atomic mass is 9.93. The minimum atomic E-state index is -1.39. The molecule has 1 unspecified atom stereocenters. The van der Waals surface area contributed by atoms with E-state index in [0.717, 1.165) is 54.5 Å². The number of hydrogen-bond acceptors (Lipinski definition) is 6. The summed E-state index contributed by atoms with van der Waals surface area (Å²) >= 11 is 1.75. The van der Waals surface area contributed by atoms with Crippen molar-refractivity contribution in [2.45, 2.75) is 113 Å². The van der Waals surface area contributed by atoms with E-state index in [4.69, 9.17) is 4.74 Å². The molecule has 5 rings (SSSR count). The van der Waals surface area contributed by atoms with E-state index in [1.54, 1.807) is 37.4 Å². The number of nitrogens with one attached hydrogen (secondary N) is 2. The van der Waals surface area contributed by atoms with Gasteiger partial charge in [-0.1, -0.05) is 92.9 Å². The number of hydrogen-bond donors (Lipinski definition) is 3. The van der Waals surface area contributed by atoms with Gasteiger partial charge in [0.15, 0.2) is 0 Å². The second kappa shape index (κ2) is 15.4. The van der Waals surface area contributed by atoms with Gasteiger partial charge in [-0.2, -0.15) is 0 Å². The summed E-state index contributed by atoms with van der Waals surface area (Å²) in [4.78, 5) is 56.2. The quantitative estimate of drug-likeness (QED) is 0.200. The van der Waals surface area contributed by atoms with Gasteiger partial charge in [0.2, 0.25) is 11.8 Å². The van der Waals surface area contributed by atoms with Crippen LogP contribution in [0.3, 0.4) is 0 Å². The molecule has 0 bridgehead atoms. The van der Waals surface area contributed by atoms with E-state index in [-0.39, 0.29) is 18.4 Å². The molecule has 1 aliphatic carbocycles. The molecule has 2 fully saturated rings. The maximum atomic E-state index is 14.6. The third kappa shape index (κ3) is 8.69. The minimum absolute atomic E-state index is 0.249. The second-order valence-electron chi connectivity index (χ2n) is 14.7. The normalized spacial score (nSPS) is 28.2. The summed E-state index contributed by atoms with van der Waals surface area (Å²) in [5.41, 5.74) is 1.02. The van der Waals surface area contributed by atoms with Crippen LogP contribution in [0.25, 0.3) is 11.1 Å². The lowest BCUT2D eigenvalue weighted by Crippen LogP contribution is -2.56. The fraction of sp³-hybridized carbons (Fsp3) is 0.538. The molecule has 1 saturated carbocycles. The molecule has 0 aromatic heterocycles. The van der Waals surface area contributed by atoms with E-state index >= 15 is 0 Å². The lowest BCUT2D eigenvalue weighted by Gasteiger charge is -2.32. The maximum Gasteiger partial charge on any atom is 0.408 e. The number of fused-ring (bicyclic) bond motifs is 2. The average Bonchev–Trinajstić information content (AvgIpc) is 3.62. The molecule has 3 N–H and O–H groups in total. The van der Waals surface area contributed by atoms with E-state index in [0.29, 0.717) is 25.7 Å². The number of rotatable bonds is 8. The summed E-state index contributed by atoms with van der Waals surface area (Å²) in [7, 11) is 0. The van der Waals surface area contributed by atoms with Crippen molar-refractivity contribution in [3.63, 3.8) is 0 Å². The van der Waals surface area contributed by atoms with E-state index in [9.17, 15) is 24.3 Å². The number of amides is 3. The van der Waals surface area contributed by atoms with Crippen molar-refractivity contribution in [3.8, 4) is 11.1 Å². The van der Waals surface area contributed by atoms with Crippen LogP contribution < -0.4 is 10.6 Å². The Kier molecular flexibility index (Phi) is 11.5. The van der Waals surface area contributed by atoms with Gasteiger partial charge in [-0.05, 0) is 81.7 Å². The zero-order valence-electron chi connectivity index (χ0n) is 29.2. The number of carboxylic acids is 1. The third-order valence-corrected chi connectivity index (χ3v) is 11.3. The Balaban J connectivity index is 1.53. The first-order valence-corrected chi connectivity index (χ1v) is 18.7. The zero-order chi connectivity index (χ0) is 35.2. The van der Waals surface area contributed by atoms with Crippen molar-refractivity contribution in [1.82, 2.24) is 15.5 Å². The Morgan fingerprint density at radius 3 is 2.41 bits per heavy atom. The summed E-state index contributed by atoms with van der Waals surface area (Å²) in [5, 5.41) is 16.0. The number of alkyl carbamates (subject to hydrolysis) is 1. The van der Waals surface area contributed by atoms with Crippen LogP contribution in [-0.2, 0) is 23.9 Å². The van der Waals surface area contributed by atoms with Crippen molar-refractivity contribution in [1.29, 1.82) is 0 Å². The third-order valence-electron chi connectivity index (χ3n) is 9.77. The van der Waals surface area contributed by atoms with E-state index in [2.05, 4.69) is 54.0 Å². The number of carbonyl (C=O) groups is 4. The standard InChI is InChI=1S/C39H51N3O6S/c1-5-6-23-49-38(29-21-19-28(20-22-29)27-15-11-10-12-16-27)25-32-33(43)41-39(35(45)46)24-30(39)17-13-8-7-9-14-18-31(34(44)42(32)26-38)40-36(47)48-37(2,3)4/h10-13,15-17,19-22,30-32H,5-9,14,18,23-26H2,1-4H3,(H,40,47)(H,41,43)(H,45,46)/b17-13-/t30-,31+,32?,38+,39-/m1/s1. The highest BCUT2D eigenvalue weighted by Gasteiger charge is 2.62. The summed E-state index contributed by atoms with van der Waals surface area (Å²) < 4.78 is 4.93. The largest absolute Gasteiger partial charge is 0.479 e. The fourth-order valence-corrected chi connectivity index (χ4v) is 8.60. The first-order valence-electron chi connectivity index (χ1n) is 17.7. The molecule has 2 aromatic rings. The minimum Gasteiger partial charge on any atom is -0.479 e. The smallest absolute Gasteiger partial charge is 0.408 e. The zero-order valence-corrected chi connectivity index (χ0v) is 30.0. The van der Waals surface area contributed by atoms with Crippen LogP contribution in [0.5, 0.6) is 0 Å². The fourth-order valence-electron chi connectivity index (χ4n) is 6.97. The maximum absolute atomic E-state index is 14.6. The highest BCUT2D eigenvalue weighted by atomic mass is 32.2. The van der Waals surface area contributed by atoms with Crippen LogP contribution in [0.15, 0.2) is 66.7 Å². The Hall–Kier alpha value is -3.79. The SMILES string of the molecule is CCCCS[C@@]1(c2ccc(-c3ccccc3)cc2)CC2C(=O)N[C@]3(C(=O)O)C[C@H]3/C=C\CCCCC[C@H](NC(=O)OC(C)(C)C)C(=O)N2C1. The number of allylic oxidation sites excluding steroid dienone is 1. The summed E-state index contributed by atoms with van der Waals surface area (Å²) in [6.07, 6.45) is 9.40. The van der Waals surface area contributed by atoms with Gasteiger partial charge in [0, 0.05) is 12.5 Å². The molecular formula is C39H51N3O6S. The summed E-state index contributed by atoms with van der Waals surface area (Å²) in [5.74, 6) is -1.37. The van der Waals surface area contributed by atoms with Gasteiger partial charge in [0.05, 0.1) is 4.75 Å². The second-order valence-corrected chi connectivity index (χ2v) is 16.1. The summed E-state index contributed by atoms with van der Waals surface area (Å²) in [6, 6.07) is 16.6. The Morgan fingerprint density at radius 1 is 1.02 bits per heavy atom. The molecule has 2 aromatic carbocycles. The number of aliphatic carboxylic acids is 1. The molecule has 9 nitrogen and oxygen atoms in total. The van der Waals surface area contributed by atoms with Gasteiger partial charge in [0.25, 0.3) is 0 Å². The molecule has 2 aliphatic heterocycles.